The van der Waals surface area contributed by atoms with Gasteiger partial charge in [0, 0.05) is 30.9 Å². The molecule has 0 unspecified atom stereocenters. The molecule has 2 aliphatic heterocycles. The Bertz CT molecular complexity index is 530. The van der Waals surface area contributed by atoms with E-state index in [9.17, 15) is 4.79 Å². The molecule has 2 aliphatic rings. The van der Waals surface area contributed by atoms with Crippen LogP contribution in [0.5, 0.6) is 5.75 Å². The molecule has 21 heavy (non-hydrogen) atoms. The van der Waals surface area contributed by atoms with E-state index in [0.717, 1.165) is 25.1 Å². The van der Waals surface area contributed by atoms with Crippen molar-refractivity contribution < 1.29 is 9.53 Å². The van der Waals surface area contributed by atoms with Gasteiger partial charge in [0.05, 0.1) is 13.0 Å². The van der Waals surface area contributed by atoms with E-state index < -0.39 is 0 Å². The average Bonchev–Trinajstić information content (AvgIpc) is 2.53. The zero-order chi connectivity index (χ0) is 14.8. The number of ether oxygens (including phenoxy) is 1. The zero-order valence-corrected chi connectivity index (χ0v) is 12.9. The number of carbonyl (C=O) groups excluding carboxylic acids is 1. The predicted molar refractivity (Wildman–Crippen MR) is 83.9 cm³/mol. The normalized spacial score (nSPS) is 24.0. The number of hydrogen-bond donors (Lipinski definition) is 1. The number of benzene rings is 1. The van der Waals surface area contributed by atoms with Crippen molar-refractivity contribution in [3.05, 3.63) is 23.8 Å². The highest BCUT2D eigenvalue weighted by molar-refractivity contribution is 5.82. The van der Waals surface area contributed by atoms with Crippen LogP contribution in [0.3, 0.4) is 0 Å². The average molecular weight is 288 g/mol. The van der Waals surface area contributed by atoms with Gasteiger partial charge in [-0.05, 0) is 44.2 Å². The molecule has 114 valence electrons. The minimum absolute atomic E-state index is 0.0751. The van der Waals surface area contributed by atoms with Gasteiger partial charge in [0.1, 0.15) is 5.75 Å². The molecule has 1 amide bonds. The number of amides is 1. The van der Waals surface area contributed by atoms with Gasteiger partial charge in [-0.3, -0.25) is 4.79 Å². The van der Waals surface area contributed by atoms with Gasteiger partial charge in [-0.25, -0.2) is 0 Å². The van der Waals surface area contributed by atoms with Crippen LogP contribution >= 0.6 is 0 Å². The maximum Gasteiger partial charge on any atom is 0.225 e. The molecule has 0 spiro atoms. The number of rotatable bonds is 3. The fraction of sp³-hybridized carbons (Fsp3) is 0.588. The summed E-state index contributed by atoms with van der Waals surface area (Å²) >= 11 is 0. The molecule has 1 fully saturated rings. The fourth-order valence-corrected chi connectivity index (χ4v) is 3.73. The van der Waals surface area contributed by atoms with Gasteiger partial charge >= 0.3 is 0 Å². The molecule has 2 heterocycles. The maximum atomic E-state index is 12.4. The van der Waals surface area contributed by atoms with E-state index in [-0.39, 0.29) is 11.8 Å². The largest absolute Gasteiger partial charge is 0.497 e. The molecule has 1 N–H and O–H groups in total. The maximum absolute atomic E-state index is 12.4. The van der Waals surface area contributed by atoms with Crippen molar-refractivity contribution in [2.24, 2.45) is 5.92 Å². The summed E-state index contributed by atoms with van der Waals surface area (Å²) in [5, 5.41) is 3.01. The van der Waals surface area contributed by atoms with Crippen molar-refractivity contribution in [1.29, 1.82) is 0 Å². The summed E-state index contributed by atoms with van der Waals surface area (Å²) in [4.78, 5) is 14.9. The number of methoxy groups -OCH3 is 1. The Morgan fingerprint density at radius 1 is 1.43 bits per heavy atom. The number of anilines is 1. The fourth-order valence-electron chi connectivity index (χ4n) is 3.73. The van der Waals surface area contributed by atoms with Gasteiger partial charge < -0.3 is 15.0 Å². The third kappa shape index (κ3) is 2.59. The van der Waals surface area contributed by atoms with Gasteiger partial charge in [-0.15, -0.1) is 0 Å². The van der Waals surface area contributed by atoms with Crippen LogP contribution in [0.25, 0.3) is 0 Å². The van der Waals surface area contributed by atoms with Crippen LogP contribution in [0.1, 0.15) is 31.7 Å². The van der Waals surface area contributed by atoms with E-state index in [2.05, 4.69) is 22.3 Å². The molecule has 1 saturated heterocycles. The van der Waals surface area contributed by atoms with Crippen LogP contribution in [0.2, 0.25) is 0 Å². The molecule has 4 heteroatoms. The second-order valence-corrected chi connectivity index (χ2v) is 5.96. The summed E-state index contributed by atoms with van der Waals surface area (Å²) in [6.45, 7) is 3.73. The lowest BCUT2D eigenvalue weighted by molar-refractivity contribution is -0.125. The quantitative estimate of drug-likeness (QED) is 0.928. The van der Waals surface area contributed by atoms with Crippen LogP contribution in [0.4, 0.5) is 5.69 Å². The Morgan fingerprint density at radius 2 is 2.29 bits per heavy atom. The smallest absolute Gasteiger partial charge is 0.225 e. The minimum atomic E-state index is 0.0751. The summed E-state index contributed by atoms with van der Waals surface area (Å²) in [6.07, 6.45) is 4.37. The van der Waals surface area contributed by atoms with Crippen molar-refractivity contribution in [3.8, 4) is 5.75 Å². The van der Waals surface area contributed by atoms with E-state index in [4.69, 9.17) is 4.74 Å². The standard InChI is InChI=1S/C17H24N2O2/c1-3-18-17(20)14-10-12-7-8-13(21-2)11-16(12)19-9-5-4-6-15(14)19/h7-8,11,14-15H,3-6,9-10H2,1-2H3,(H,18,20)/t14-,15-/m0/s1. The van der Waals surface area contributed by atoms with Crippen LogP contribution < -0.4 is 15.0 Å². The minimum Gasteiger partial charge on any atom is -0.497 e. The first kappa shape index (κ1) is 14.2. The monoisotopic (exact) mass is 288 g/mol. The molecule has 0 aromatic heterocycles. The molecule has 4 nitrogen and oxygen atoms in total. The van der Waals surface area contributed by atoms with Crippen molar-refractivity contribution >= 4 is 11.6 Å². The Balaban J connectivity index is 1.96. The number of hydrogen-bond acceptors (Lipinski definition) is 3. The summed E-state index contributed by atoms with van der Waals surface area (Å²) in [5.74, 6) is 1.18. The van der Waals surface area contributed by atoms with E-state index in [1.807, 2.05) is 13.0 Å². The molecular formula is C17H24N2O2. The lowest BCUT2D eigenvalue weighted by atomic mass is 9.80. The summed E-state index contributed by atoms with van der Waals surface area (Å²) in [5.41, 5.74) is 2.53. The lowest BCUT2D eigenvalue weighted by Crippen LogP contribution is -2.53. The van der Waals surface area contributed by atoms with Crippen molar-refractivity contribution in [1.82, 2.24) is 5.32 Å². The van der Waals surface area contributed by atoms with Crippen LogP contribution in [0, 0.1) is 5.92 Å². The third-order valence-electron chi connectivity index (χ3n) is 4.74. The first-order valence-corrected chi connectivity index (χ1v) is 7.96. The molecule has 2 atom stereocenters. The van der Waals surface area contributed by atoms with Gasteiger partial charge in [-0.2, -0.15) is 0 Å². The van der Waals surface area contributed by atoms with Crippen molar-refractivity contribution in [2.45, 2.75) is 38.6 Å². The highest BCUT2D eigenvalue weighted by Crippen LogP contribution is 2.40. The number of nitrogens with zero attached hydrogens (tertiary/aromatic N) is 1. The van der Waals surface area contributed by atoms with Gasteiger partial charge in [0.25, 0.3) is 0 Å². The van der Waals surface area contributed by atoms with E-state index in [1.165, 1.54) is 24.1 Å². The van der Waals surface area contributed by atoms with Crippen LogP contribution in [0.15, 0.2) is 18.2 Å². The molecule has 0 bridgehead atoms. The first-order chi connectivity index (χ1) is 10.2. The van der Waals surface area contributed by atoms with Gasteiger partial charge in [-0.1, -0.05) is 6.07 Å². The SMILES string of the molecule is CCNC(=O)[C@H]1Cc2ccc(OC)cc2N2CCCC[C@@H]12. The van der Waals surface area contributed by atoms with Crippen LogP contribution in [-0.2, 0) is 11.2 Å². The number of carbonyl (C=O) groups is 1. The number of piperidine rings is 1. The topological polar surface area (TPSA) is 41.6 Å². The molecule has 3 rings (SSSR count). The van der Waals surface area contributed by atoms with Crippen LogP contribution in [-0.4, -0.2) is 32.1 Å². The Labute approximate surface area is 126 Å². The number of nitrogens with one attached hydrogen (secondary N) is 1. The van der Waals surface area contributed by atoms with Gasteiger partial charge in [0.15, 0.2) is 0 Å². The van der Waals surface area contributed by atoms with E-state index in [1.54, 1.807) is 7.11 Å². The lowest BCUT2D eigenvalue weighted by Gasteiger charge is -2.46. The highest BCUT2D eigenvalue weighted by Gasteiger charge is 2.39. The molecular weight excluding hydrogens is 264 g/mol. The summed E-state index contributed by atoms with van der Waals surface area (Å²) in [7, 11) is 1.70. The number of fused-ring (bicyclic) bond motifs is 3. The molecule has 1 aromatic carbocycles. The first-order valence-electron chi connectivity index (χ1n) is 7.96. The molecule has 0 saturated carbocycles. The molecule has 0 aliphatic carbocycles. The van der Waals surface area contributed by atoms with E-state index in [0.29, 0.717) is 12.6 Å². The Morgan fingerprint density at radius 3 is 3.05 bits per heavy atom. The summed E-state index contributed by atoms with van der Waals surface area (Å²) < 4.78 is 5.37. The van der Waals surface area contributed by atoms with Crippen molar-refractivity contribution in [2.75, 3.05) is 25.1 Å². The third-order valence-corrected chi connectivity index (χ3v) is 4.74. The van der Waals surface area contributed by atoms with E-state index >= 15 is 0 Å². The second kappa shape index (κ2) is 5.96. The van der Waals surface area contributed by atoms with Crippen molar-refractivity contribution in [3.63, 3.8) is 0 Å². The molecule has 0 radical (unpaired) electrons. The second-order valence-electron chi connectivity index (χ2n) is 5.96. The highest BCUT2D eigenvalue weighted by atomic mass is 16.5. The Kier molecular flexibility index (Phi) is 4.04. The Hall–Kier alpha value is -1.71. The molecule has 1 aromatic rings. The predicted octanol–water partition coefficient (Wildman–Crippen LogP) is 2.36. The summed E-state index contributed by atoms with van der Waals surface area (Å²) in [6, 6.07) is 6.58. The van der Waals surface area contributed by atoms with Gasteiger partial charge in [0.2, 0.25) is 5.91 Å². The zero-order valence-electron chi connectivity index (χ0n) is 12.9.